The number of likely N-dealkylation sites (tertiary alicyclic amines) is 1. The van der Waals surface area contributed by atoms with Gasteiger partial charge in [-0.3, -0.25) is 9.67 Å². The molecule has 0 bridgehead atoms. The number of ether oxygens (including phenoxy) is 2. The number of pyridine rings is 1. The highest BCUT2D eigenvalue weighted by Crippen LogP contribution is 2.31. The topological polar surface area (TPSA) is 69.5 Å². The molecule has 4 heterocycles. The predicted molar refractivity (Wildman–Crippen MR) is 123 cm³/mol. The number of aromatic nitrogens is 3. The highest BCUT2D eigenvalue weighted by Gasteiger charge is 2.28. The second kappa shape index (κ2) is 8.20. The van der Waals surface area contributed by atoms with E-state index < -0.39 is 5.60 Å². The van der Waals surface area contributed by atoms with Gasteiger partial charge in [0.25, 0.3) is 0 Å². The Bertz CT molecular complexity index is 1100. The molecule has 0 aliphatic carbocycles. The minimum absolute atomic E-state index is 0.215. The average molecular weight is 435 g/mol. The number of benzene rings is 1. The molecule has 1 amide bonds. The molecule has 0 unspecified atom stereocenters. The summed E-state index contributed by atoms with van der Waals surface area (Å²) >= 11 is 0. The minimum atomic E-state index is -0.458. The summed E-state index contributed by atoms with van der Waals surface area (Å²) in [4.78, 5) is 18.9. The van der Waals surface area contributed by atoms with E-state index in [-0.39, 0.29) is 6.09 Å². The Balaban J connectivity index is 1.26. The van der Waals surface area contributed by atoms with Crippen LogP contribution in [0, 0.1) is 0 Å². The fourth-order valence-corrected chi connectivity index (χ4v) is 4.39. The molecule has 168 valence electrons. The van der Waals surface area contributed by atoms with Crippen LogP contribution in [-0.2, 0) is 9.47 Å². The average Bonchev–Trinajstić information content (AvgIpc) is 3.14. The highest BCUT2D eigenvalue weighted by molar-refractivity contribution is 5.84. The summed E-state index contributed by atoms with van der Waals surface area (Å²) in [5.74, 6) is 0.415. The van der Waals surface area contributed by atoms with Gasteiger partial charge < -0.3 is 14.4 Å². The molecule has 0 saturated carbocycles. The predicted octanol–water partition coefficient (Wildman–Crippen LogP) is 4.78. The zero-order chi connectivity index (χ0) is 22.3. The van der Waals surface area contributed by atoms with E-state index in [4.69, 9.17) is 14.5 Å². The molecule has 32 heavy (non-hydrogen) atoms. The van der Waals surface area contributed by atoms with Crippen LogP contribution >= 0.6 is 0 Å². The fourth-order valence-electron chi connectivity index (χ4n) is 4.39. The standard InChI is InChI=1S/C25H30N4O3/c1-25(2,3)32-24(30)28-10-8-17(9-11-28)19-6-7-22(26-13-19)18-4-5-20-14-27-29(23(20)12-18)21-15-31-16-21/h4-7,12-14,17,21H,8-11,15-16H2,1-3H3. The second-order valence-corrected chi connectivity index (χ2v) is 9.77. The largest absolute Gasteiger partial charge is 0.444 e. The van der Waals surface area contributed by atoms with Crippen LogP contribution in [0.25, 0.3) is 22.2 Å². The third kappa shape index (κ3) is 4.21. The van der Waals surface area contributed by atoms with Gasteiger partial charge in [-0.15, -0.1) is 0 Å². The lowest BCUT2D eigenvalue weighted by Gasteiger charge is -2.33. The fraction of sp³-hybridized carbons (Fsp3) is 0.480. The smallest absolute Gasteiger partial charge is 0.410 e. The second-order valence-electron chi connectivity index (χ2n) is 9.77. The van der Waals surface area contributed by atoms with E-state index >= 15 is 0 Å². The van der Waals surface area contributed by atoms with Crippen LogP contribution in [0.15, 0.2) is 42.7 Å². The third-order valence-corrected chi connectivity index (χ3v) is 6.27. The molecule has 2 fully saturated rings. The van der Waals surface area contributed by atoms with Crippen LogP contribution in [0.1, 0.15) is 51.1 Å². The molecular formula is C25H30N4O3. The van der Waals surface area contributed by atoms with E-state index in [1.54, 1.807) is 0 Å². The van der Waals surface area contributed by atoms with Crippen LogP contribution in [-0.4, -0.2) is 57.7 Å². The van der Waals surface area contributed by atoms with Crippen molar-refractivity contribution < 1.29 is 14.3 Å². The van der Waals surface area contributed by atoms with E-state index in [0.29, 0.717) is 25.0 Å². The lowest BCUT2D eigenvalue weighted by molar-refractivity contribution is -0.0266. The Morgan fingerprint density at radius 1 is 1.09 bits per heavy atom. The quantitative estimate of drug-likeness (QED) is 0.593. The lowest BCUT2D eigenvalue weighted by atomic mass is 9.90. The van der Waals surface area contributed by atoms with Gasteiger partial charge in [0.2, 0.25) is 0 Å². The number of rotatable bonds is 3. The molecule has 2 aliphatic heterocycles. The first kappa shape index (κ1) is 20.9. The Morgan fingerprint density at radius 2 is 1.88 bits per heavy atom. The number of hydrogen-bond acceptors (Lipinski definition) is 5. The summed E-state index contributed by atoms with van der Waals surface area (Å²) in [6.07, 6.45) is 5.54. The Morgan fingerprint density at radius 3 is 2.50 bits per heavy atom. The number of fused-ring (bicyclic) bond motifs is 1. The maximum Gasteiger partial charge on any atom is 0.410 e. The summed E-state index contributed by atoms with van der Waals surface area (Å²) in [5.41, 5.74) is 3.94. The molecule has 5 rings (SSSR count). The van der Waals surface area contributed by atoms with Gasteiger partial charge >= 0.3 is 6.09 Å². The highest BCUT2D eigenvalue weighted by atomic mass is 16.6. The van der Waals surface area contributed by atoms with Crippen LogP contribution in [0.5, 0.6) is 0 Å². The van der Waals surface area contributed by atoms with Crippen LogP contribution in [0.3, 0.4) is 0 Å². The van der Waals surface area contributed by atoms with Crippen molar-refractivity contribution in [3.05, 3.63) is 48.3 Å². The molecule has 1 aromatic carbocycles. The summed E-state index contributed by atoms with van der Waals surface area (Å²) in [6, 6.07) is 11.0. The molecule has 2 saturated heterocycles. The number of carbonyl (C=O) groups excluding carboxylic acids is 1. The molecule has 7 heteroatoms. The maximum absolute atomic E-state index is 12.3. The molecule has 0 spiro atoms. The maximum atomic E-state index is 12.3. The number of hydrogen-bond donors (Lipinski definition) is 0. The van der Waals surface area contributed by atoms with Crippen molar-refractivity contribution in [3.8, 4) is 11.3 Å². The zero-order valence-corrected chi connectivity index (χ0v) is 19.0. The van der Waals surface area contributed by atoms with Crippen molar-refractivity contribution >= 4 is 17.0 Å². The van der Waals surface area contributed by atoms with Crippen molar-refractivity contribution in [2.45, 2.75) is 51.2 Å². The number of amides is 1. The SMILES string of the molecule is CC(C)(C)OC(=O)N1CCC(c2ccc(-c3ccc4cnn(C5COC5)c4c3)nc2)CC1. The van der Waals surface area contributed by atoms with Crippen molar-refractivity contribution in [1.82, 2.24) is 19.7 Å². The molecule has 2 aromatic heterocycles. The van der Waals surface area contributed by atoms with E-state index in [9.17, 15) is 4.79 Å². The number of carbonyl (C=O) groups is 1. The van der Waals surface area contributed by atoms with E-state index in [0.717, 1.165) is 48.2 Å². The van der Waals surface area contributed by atoms with Crippen molar-refractivity contribution in [3.63, 3.8) is 0 Å². The molecule has 0 atom stereocenters. The molecular weight excluding hydrogens is 404 g/mol. The Labute approximate surface area is 188 Å². The van der Waals surface area contributed by atoms with Crippen molar-refractivity contribution in [1.29, 1.82) is 0 Å². The van der Waals surface area contributed by atoms with Gasteiger partial charge in [-0.2, -0.15) is 5.10 Å². The molecule has 3 aromatic rings. The van der Waals surface area contributed by atoms with Crippen LogP contribution in [0.2, 0.25) is 0 Å². The van der Waals surface area contributed by atoms with Crippen LogP contribution in [0.4, 0.5) is 4.79 Å². The monoisotopic (exact) mass is 434 g/mol. The van der Waals surface area contributed by atoms with Crippen molar-refractivity contribution in [2.75, 3.05) is 26.3 Å². The first-order chi connectivity index (χ1) is 15.4. The Hall–Kier alpha value is -2.93. The minimum Gasteiger partial charge on any atom is -0.444 e. The molecule has 7 nitrogen and oxygen atoms in total. The van der Waals surface area contributed by atoms with Crippen LogP contribution < -0.4 is 0 Å². The van der Waals surface area contributed by atoms with E-state index in [2.05, 4.69) is 40.1 Å². The van der Waals surface area contributed by atoms with E-state index in [1.165, 1.54) is 5.56 Å². The zero-order valence-electron chi connectivity index (χ0n) is 19.0. The number of nitrogens with zero attached hydrogens (tertiary/aromatic N) is 4. The summed E-state index contributed by atoms with van der Waals surface area (Å²) in [6.45, 7) is 8.58. The summed E-state index contributed by atoms with van der Waals surface area (Å²) in [5, 5.41) is 5.68. The Kier molecular flexibility index (Phi) is 5.37. The third-order valence-electron chi connectivity index (χ3n) is 6.27. The summed E-state index contributed by atoms with van der Waals surface area (Å²) in [7, 11) is 0. The van der Waals surface area contributed by atoms with Gasteiger partial charge in [0, 0.05) is 30.2 Å². The van der Waals surface area contributed by atoms with Gasteiger partial charge in [0.05, 0.1) is 36.7 Å². The summed E-state index contributed by atoms with van der Waals surface area (Å²) < 4.78 is 12.9. The first-order valence-electron chi connectivity index (χ1n) is 11.4. The van der Waals surface area contributed by atoms with Gasteiger partial charge in [-0.1, -0.05) is 18.2 Å². The van der Waals surface area contributed by atoms with Gasteiger partial charge in [-0.05, 0) is 57.2 Å². The van der Waals surface area contributed by atoms with E-state index in [1.807, 2.05) is 38.1 Å². The molecule has 0 N–H and O–H groups in total. The van der Waals surface area contributed by atoms with Gasteiger partial charge in [-0.25, -0.2) is 4.79 Å². The number of piperidine rings is 1. The lowest BCUT2D eigenvalue weighted by Crippen LogP contribution is -2.41. The molecule has 0 radical (unpaired) electrons. The normalized spacial score (nSPS) is 18.0. The molecule has 2 aliphatic rings. The van der Waals surface area contributed by atoms with Gasteiger partial charge in [0.1, 0.15) is 5.60 Å². The van der Waals surface area contributed by atoms with Gasteiger partial charge in [0.15, 0.2) is 0 Å². The first-order valence-corrected chi connectivity index (χ1v) is 11.4. The van der Waals surface area contributed by atoms with Crippen molar-refractivity contribution in [2.24, 2.45) is 0 Å².